The monoisotopic (exact) mass is 678 g/mol. The highest BCUT2D eigenvalue weighted by Crippen LogP contribution is 2.59. The maximum absolute atomic E-state index is 15.3. The van der Waals surface area contributed by atoms with Gasteiger partial charge in [0.25, 0.3) is 5.88 Å². The van der Waals surface area contributed by atoms with Crippen LogP contribution in [0.3, 0.4) is 0 Å². The number of aliphatic hydroxyl groups is 1. The molecule has 0 spiro atoms. The number of ketones is 2. The molecule has 3 aliphatic rings. The van der Waals surface area contributed by atoms with E-state index in [9.17, 15) is 9.90 Å². The highest BCUT2D eigenvalue weighted by Gasteiger charge is 2.67. The number of nitrogens with zero attached hydrogens (tertiary/aromatic N) is 2. The molecule has 0 aliphatic heterocycles. The van der Waals surface area contributed by atoms with Crippen molar-refractivity contribution in [1.82, 2.24) is 10.1 Å². The Bertz CT molecular complexity index is 2040. The van der Waals surface area contributed by atoms with Gasteiger partial charge < -0.3 is 18.8 Å². The summed E-state index contributed by atoms with van der Waals surface area (Å²) in [7, 11) is 1.08. The van der Waals surface area contributed by atoms with E-state index in [2.05, 4.69) is 70.2 Å². The van der Waals surface area contributed by atoms with Gasteiger partial charge in [0.1, 0.15) is 17.9 Å². The molecular weight excluding hydrogens is 633 g/mol. The molecule has 256 valence electrons. The third kappa shape index (κ3) is 5.03. The third-order valence-corrected chi connectivity index (χ3v) is 16.0. The van der Waals surface area contributed by atoms with Crippen LogP contribution in [0.15, 0.2) is 70.5 Å². The minimum absolute atomic E-state index is 0.0604. The number of carbonyl (C=O) groups is 2. The van der Waals surface area contributed by atoms with Gasteiger partial charge in [-0.1, -0.05) is 80.9 Å². The van der Waals surface area contributed by atoms with Crippen molar-refractivity contribution in [3.8, 4) is 5.88 Å². The fraction of sp³-hybridized carbons (Fsp3) is 0.425. The standard InChI is InChI=1S/C40H46N2O6Si/c1-22-15-16-28-23(2)30-26(18-25(28)17-22)19-27-20-29-33(42(6)7)35-32(38(41-47-35)46-21-24-13-11-10-12-14-24)37(45)40(29,36(44)31(27)34(30)43)48-49(8,9)39(3,4)5/h10-18,27,29,33,44H,19-21H2,1-9H3/t27-,29-,33-,40-/m0/s1. The van der Waals surface area contributed by atoms with Gasteiger partial charge >= 0.3 is 0 Å². The molecule has 4 atom stereocenters. The Morgan fingerprint density at radius 2 is 1.76 bits per heavy atom. The summed E-state index contributed by atoms with van der Waals surface area (Å²) in [5, 5.41) is 18.9. The fourth-order valence-electron chi connectivity index (χ4n) is 8.13. The van der Waals surface area contributed by atoms with E-state index in [-0.39, 0.29) is 46.1 Å². The predicted molar refractivity (Wildman–Crippen MR) is 192 cm³/mol. The van der Waals surface area contributed by atoms with E-state index in [1.165, 1.54) is 0 Å². The molecular formula is C40H46N2O6Si. The Balaban J connectivity index is 1.45. The number of aryl methyl sites for hydroxylation is 2. The zero-order valence-corrected chi connectivity index (χ0v) is 30.9. The Hall–Kier alpha value is -4.05. The van der Waals surface area contributed by atoms with Gasteiger partial charge in [-0.2, -0.15) is 0 Å². The van der Waals surface area contributed by atoms with Crippen LogP contribution in [0, 0.1) is 25.7 Å². The smallest absolute Gasteiger partial charge is 0.265 e. The van der Waals surface area contributed by atoms with Crippen molar-refractivity contribution in [2.24, 2.45) is 11.8 Å². The van der Waals surface area contributed by atoms with Gasteiger partial charge in [0.15, 0.2) is 25.5 Å². The molecule has 0 amide bonds. The highest BCUT2D eigenvalue weighted by atomic mass is 28.4. The minimum atomic E-state index is -2.79. The van der Waals surface area contributed by atoms with Crippen LogP contribution in [0.4, 0.5) is 0 Å². The Morgan fingerprint density at radius 1 is 1.04 bits per heavy atom. The third-order valence-electron chi connectivity index (χ3n) is 11.5. The quantitative estimate of drug-likeness (QED) is 0.203. The van der Waals surface area contributed by atoms with Crippen molar-refractivity contribution in [2.75, 3.05) is 14.1 Å². The van der Waals surface area contributed by atoms with E-state index >= 15 is 4.79 Å². The van der Waals surface area contributed by atoms with Crippen LogP contribution in [0.5, 0.6) is 5.88 Å². The lowest BCUT2D eigenvalue weighted by atomic mass is 9.58. The molecule has 0 radical (unpaired) electrons. The van der Waals surface area contributed by atoms with Gasteiger partial charge in [-0.3, -0.25) is 14.5 Å². The number of rotatable bonds is 6. The molecule has 9 heteroatoms. The fourth-order valence-corrected chi connectivity index (χ4v) is 9.58. The Labute approximate surface area is 289 Å². The number of ether oxygens (including phenoxy) is 1. The molecule has 0 bridgehead atoms. The zero-order chi connectivity index (χ0) is 35.2. The van der Waals surface area contributed by atoms with Crippen LogP contribution in [0.1, 0.15) is 82.0 Å². The number of aliphatic hydroxyl groups excluding tert-OH is 1. The van der Waals surface area contributed by atoms with E-state index in [0.717, 1.165) is 33.0 Å². The number of hydrogen-bond acceptors (Lipinski definition) is 8. The van der Waals surface area contributed by atoms with Crippen LogP contribution in [0.2, 0.25) is 18.1 Å². The molecule has 1 N–H and O–H groups in total. The first-order valence-electron chi connectivity index (χ1n) is 17.2. The molecule has 0 fully saturated rings. The molecule has 3 aliphatic carbocycles. The average Bonchev–Trinajstić information content (AvgIpc) is 3.44. The number of carbonyl (C=O) groups excluding carboxylic acids is 2. The number of allylic oxidation sites excluding steroid dienone is 1. The lowest BCUT2D eigenvalue weighted by Crippen LogP contribution is -2.65. The van der Waals surface area contributed by atoms with E-state index in [0.29, 0.717) is 24.2 Å². The van der Waals surface area contributed by atoms with Crippen molar-refractivity contribution >= 4 is 30.7 Å². The summed E-state index contributed by atoms with van der Waals surface area (Å²) in [6, 6.07) is 17.6. The second-order valence-corrected chi connectivity index (χ2v) is 20.7. The molecule has 1 heterocycles. The molecule has 8 nitrogen and oxygen atoms in total. The van der Waals surface area contributed by atoms with E-state index < -0.39 is 31.7 Å². The second kappa shape index (κ2) is 11.5. The number of benzene rings is 3. The summed E-state index contributed by atoms with van der Waals surface area (Å²) < 4.78 is 19.4. The molecule has 0 unspecified atom stereocenters. The first-order chi connectivity index (χ1) is 23.1. The Morgan fingerprint density at radius 3 is 2.43 bits per heavy atom. The average molecular weight is 679 g/mol. The molecule has 0 saturated heterocycles. The summed E-state index contributed by atoms with van der Waals surface area (Å²) in [5.74, 6) is -1.37. The lowest BCUT2D eigenvalue weighted by Gasteiger charge is -2.55. The summed E-state index contributed by atoms with van der Waals surface area (Å²) >= 11 is 0. The van der Waals surface area contributed by atoms with Gasteiger partial charge in [-0.05, 0) is 97.5 Å². The summed E-state index contributed by atoms with van der Waals surface area (Å²) in [6.45, 7) is 14.7. The lowest BCUT2D eigenvalue weighted by molar-refractivity contribution is -0.0480. The van der Waals surface area contributed by atoms with Crippen molar-refractivity contribution in [3.63, 3.8) is 0 Å². The molecule has 3 aromatic carbocycles. The maximum Gasteiger partial charge on any atom is 0.265 e. The highest BCUT2D eigenvalue weighted by molar-refractivity contribution is 6.74. The van der Waals surface area contributed by atoms with Crippen molar-refractivity contribution in [3.05, 3.63) is 105 Å². The van der Waals surface area contributed by atoms with Crippen molar-refractivity contribution in [2.45, 2.75) is 83.8 Å². The topological polar surface area (TPSA) is 102 Å². The van der Waals surface area contributed by atoms with E-state index in [4.69, 9.17) is 13.7 Å². The number of Topliss-reactive ketones (excluding diaryl/α,β-unsaturated/α-hetero) is 2. The first kappa shape index (κ1) is 33.4. The first-order valence-corrected chi connectivity index (χ1v) is 20.1. The zero-order valence-electron chi connectivity index (χ0n) is 29.9. The van der Waals surface area contributed by atoms with Crippen LogP contribution < -0.4 is 4.74 Å². The molecule has 0 saturated carbocycles. The van der Waals surface area contributed by atoms with Crippen LogP contribution in [-0.2, 0) is 17.5 Å². The predicted octanol–water partition coefficient (Wildman–Crippen LogP) is 8.47. The molecule has 49 heavy (non-hydrogen) atoms. The summed E-state index contributed by atoms with van der Waals surface area (Å²) in [4.78, 5) is 32.1. The van der Waals surface area contributed by atoms with Gasteiger partial charge in [-0.15, -0.1) is 0 Å². The Kier molecular flexibility index (Phi) is 7.85. The normalized spacial score (nSPS) is 23.8. The van der Waals surface area contributed by atoms with Crippen molar-refractivity contribution in [1.29, 1.82) is 0 Å². The van der Waals surface area contributed by atoms with E-state index in [1.807, 2.05) is 56.3 Å². The molecule has 4 aromatic rings. The molecule has 1 aromatic heterocycles. The minimum Gasteiger partial charge on any atom is -0.508 e. The van der Waals surface area contributed by atoms with Gasteiger partial charge in [0.2, 0.25) is 5.78 Å². The van der Waals surface area contributed by atoms with Gasteiger partial charge in [-0.25, -0.2) is 0 Å². The number of aromatic nitrogens is 1. The number of fused-ring (bicyclic) bond motifs is 5. The van der Waals surface area contributed by atoms with E-state index in [1.54, 1.807) is 0 Å². The maximum atomic E-state index is 15.3. The second-order valence-electron chi connectivity index (χ2n) is 15.9. The van der Waals surface area contributed by atoms with Crippen molar-refractivity contribution < 1.29 is 28.4 Å². The molecule has 7 rings (SSSR count). The SMILES string of the molecule is Cc1ccc2c(C)c3c(cc2c1)C[C@H]1C[C@H]2[C@H](N(C)C)c4onc(OCc5ccccc5)c4C(=O)[C@@]2(O[Si](C)(C)C(C)(C)C)C(O)=C1C3=O. The van der Waals surface area contributed by atoms with Crippen LogP contribution in [0.25, 0.3) is 10.8 Å². The summed E-state index contributed by atoms with van der Waals surface area (Å²) in [5.41, 5.74) is 3.15. The van der Waals surface area contributed by atoms with Crippen LogP contribution >= 0.6 is 0 Å². The largest absolute Gasteiger partial charge is 0.508 e. The summed E-state index contributed by atoms with van der Waals surface area (Å²) in [6.07, 6.45) is 1.01. The van der Waals surface area contributed by atoms with Gasteiger partial charge in [0.05, 0.1) is 6.04 Å². The number of hydrogen-bond donors (Lipinski definition) is 1. The van der Waals surface area contributed by atoms with Gasteiger partial charge in [0, 0.05) is 17.1 Å². The van der Waals surface area contributed by atoms with Crippen LogP contribution in [-0.4, -0.2) is 54.7 Å².